The van der Waals surface area contributed by atoms with E-state index in [2.05, 4.69) is 10.6 Å². The molecule has 2 amide bonds. The lowest BCUT2D eigenvalue weighted by atomic mass is 10.1. The summed E-state index contributed by atoms with van der Waals surface area (Å²) in [5.41, 5.74) is 2.01. The smallest absolute Gasteiger partial charge is 0.251 e. The Kier molecular flexibility index (Phi) is 6.01. The molecule has 138 valence electrons. The summed E-state index contributed by atoms with van der Waals surface area (Å²) in [6.45, 7) is 3.16. The second kappa shape index (κ2) is 7.86. The van der Waals surface area contributed by atoms with E-state index in [0.717, 1.165) is 0 Å². The number of hydrogen-bond acceptors (Lipinski definition) is 4. The molecule has 0 aliphatic rings. The molecule has 7 nitrogen and oxygen atoms in total. The first kappa shape index (κ1) is 19.9. The molecule has 2 aromatic carbocycles. The summed E-state index contributed by atoms with van der Waals surface area (Å²) in [5.74, 6) is -0.955. The van der Waals surface area contributed by atoms with Crippen molar-refractivity contribution in [2.24, 2.45) is 5.14 Å². The topological polar surface area (TPSA) is 118 Å². The highest BCUT2D eigenvalue weighted by atomic mass is 35.5. The van der Waals surface area contributed by atoms with Crippen molar-refractivity contribution in [1.29, 1.82) is 0 Å². The second-order valence-corrected chi connectivity index (χ2v) is 7.70. The van der Waals surface area contributed by atoms with Gasteiger partial charge in [0.05, 0.1) is 11.4 Å². The first-order chi connectivity index (χ1) is 12.1. The Balaban J connectivity index is 2.08. The molecule has 0 atom stereocenters. The van der Waals surface area contributed by atoms with E-state index in [1.807, 2.05) is 0 Å². The molecule has 0 saturated heterocycles. The van der Waals surface area contributed by atoms with Crippen molar-refractivity contribution in [2.45, 2.75) is 18.7 Å². The van der Waals surface area contributed by atoms with Crippen molar-refractivity contribution in [2.75, 3.05) is 11.9 Å². The highest BCUT2D eigenvalue weighted by Crippen LogP contribution is 2.23. The van der Waals surface area contributed by atoms with Crippen LogP contribution in [-0.2, 0) is 14.8 Å². The number of nitrogens with one attached hydrogen (secondary N) is 2. The molecule has 0 saturated carbocycles. The number of halogens is 1. The Morgan fingerprint density at radius 2 is 1.85 bits per heavy atom. The van der Waals surface area contributed by atoms with E-state index in [-0.39, 0.29) is 11.4 Å². The van der Waals surface area contributed by atoms with E-state index in [1.54, 1.807) is 32.0 Å². The van der Waals surface area contributed by atoms with E-state index in [1.165, 1.54) is 18.2 Å². The maximum Gasteiger partial charge on any atom is 0.251 e. The van der Waals surface area contributed by atoms with Gasteiger partial charge >= 0.3 is 0 Å². The highest BCUT2D eigenvalue weighted by molar-refractivity contribution is 7.89. The molecule has 4 N–H and O–H groups in total. The Labute approximate surface area is 156 Å². The number of sulfonamides is 1. The van der Waals surface area contributed by atoms with E-state index < -0.39 is 21.8 Å². The van der Waals surface area contributed by atoms with Crippen LogP contribution in [0.3, 0.4) is 0 Å². The molecule has 0 spiro atoms. The molecular formula is C17H18ClN3O4S. The van der Waals surface area contributed by atoms with Crippen molar-refractivity contribution in [3.8, 4) is 0 Å². The van der Waals surface area contributed by atoms with E-state index >= 15 is 0 Å². The lowest BCUT2D eigenvalue weighted by molar-refractivity contribution is -0.115. The molecule has 2 aromatic rings. The van der Waals surface area contributed by atoms with Gasteiger partial charge in [-0.25, -0.2) is 13.6 Å². The highest BCUT2D eigenvalue weighted by Gasteiger charge is 2.15. The molecule has 26 heavy (non-hydrogen) atoms. The Bertz CT molecular complexity index is 974. The van der Waals surface area contributed by atoms with Gasteiger partial charge in [-0.1, -0.05) is 17.7 Å². The number of primary sulfonamides is 1. The fourth-order valence-electron chi connectivity index (χ4n) is 2.21. The average Bonchev–Trinajstić information content (AvgIpc) is 2.55. The summed E-state index contributed by atoms with van der Waals surface area (Å²) in [4.78, 5) is 24.0. The first-order valence-corrected chi connectivity index (χ1v) is 9.48. The molecule has 0 aromatic heterocycles. The number of rotatable bonds is 5. The van der Waals surface area contributed by atoms with Gasteiger partial charge < -0.3 is 10.6 Å². The number of hydrogen-bond donors (Lipinski definition) is 3. The summed E-state index contributed by atoms with van der Waals surface area (Å²) in [7, 11) is -3.90. The van der Waals surface area contributed by atoms with E-state index in [4.69, 9.17) is 16.7 Å². The van der Waals surface area contributed by atoms with Crippen LogP contribution in [-0.4, -0.2) is 26.8 Å². The molecule has 0 aliphatic carbocycles. The number of amides is 2. The summed E-state index contributed by atoms with van der Waals surface area (Å²) in [5, 5.41) is 10.6. The van der Waals surface area contributed by atoms with Gasteiger partial charge in [0.25, 0.3) is 5.91 Å². The first-order valence-electron chi connectivity index (χ1n) is 7.55. The Morgan fingerprint density at radius 3 is 2.46 bits per heavy atom. The van der Waals surface area contributed by atoms with Crippen molar-refractivity contribution < 1.29 is 18.0 Å². The van der Waals surface area contributed by atoms with Gasteiger partial charge in [-0.2, -0.15) is 0 Å². The maximum absolute atomic E-state index is 12.1. The van der Waals surface area contributed by atoms with Gasteiger partial charge in [0.15, 0.2) is 0 Å². The van der Waals surface area contributed by atoms with Crippen molar-refractivity contribution in [3.05, 3.63) is 58.1 Å². The monoisotopic (exact) mass is 395 g/mol. The maximum atomic E-state index is 12.1. The second-order valence-electron chi connectivity index (χ2n) is 5.70. The van der Waals surface area contributed by atoms with Crippen LogP contribution in [0.2, 0.25) is 5.02 Å². The third-order valence-corrected chi connectivity index (χ3v) is 4.87. The van der Waals surface area contributed by atoms with Crippen molar-refractivity contribution in [1.82, 2.24) is 5.32 Å². The number of aryl methyl sites for hydroxylation is 1. The lowest BCUT2D eigenvalue weighted by Crippen LogP contribution is -2.33. The largest absolute Gasteiger partial charge is 0.343 e. The number of benzene rings is 2. The predicted molar refractivity (Wildman–Crippen MR) is 99.7 cm³/mol. The zero-order valence-electron chi connectivity index (χ0n) is 14.2. The van der Waals surface area contributed by atoms with Crippen molar-refractivity contribution >= 4 is 39.1 Å². The quantitative estimate of drug-likeness (QED) is 0.717. The molecular weight excluding hydrogens is 378 g/mol. The third kappa shape index (κ3) is 5.04. The molecule has 0 aliphatic heterocycles. The van der Waals surface area contributed by atoms with Gasteiger partial charge in [-0.15, -0.1) is 0 Å². The average molecular weight is 396 g/mol. The van der Waals surface area contributed by atoms with Gasteiger partial charge in [-0.05, 0) is 55.3 Å². The number of anilines is 1. The summed E-state index contributed by atoms with van der Waals surface area (Å²) in [6, 6.07) is 9.03. The van der Waals surface area contributed by atoms with Crippen LogP contribution in [0, 0.1) is 13.8 Å². The number of carbonyl (C=O) groups is 2. The number of nitrogens with two attached hydrogens (primary N) is 1. The van der Waals surface area contributed by atoms with Crippen LogP contribution in [0.25, 0.3) is 0 Å². The van der Waals surface area contributed by atoms with Crippen LogP contribution in [0.15, 0.2) is 41.3 Å². The summed E-state index contributed by atoms with van der Waals surface area (Å²) < 4.78 is 23.1. The predicted octanol–water partition coefficient (Wildman–Crippen LogP) is 1.97. The Morgan fingerprint density at radius 1 is 1.15 bits per heavy atom. The molecule has 0 bridgehead atoms. The van der Waals surface area contributed by atoms with E-state index in [9.17, 15) is 18.0 Å². The van der Waals surface area contributed by atoms with E-state index in [0.29, 0.717) is 27.4 Å². The standard InChI is InChI=1S/C17H18ClN3O4S/c1-10-6-14(26(19,24)25)8-15(11(10)2)21-16(22)9-20-17(23)12-4-3-5-13(18)7-12/h3-8H,9H2,1-2H3,(H,20,23)(H,21,22)(H2,19,24,25). The molecule has 0 fully saturated rings. The minimum atomic E-state index is -3.90. The summed E-state index contributed by atoms with van der Waals surface area (Å²) >= 11 is 5.82. The normalized spacial score (nSPS) is 11.1. The molecule has 2 rings (SSSR count). The molecule has 0 unspecified atom stereocenters. The fraction of sp³-hybridized carbons (Fsp3) is 0.176. The van der Waals surface area contributed by atoms with Crippen LogP contribution < -0.4 is 15.8 Å². The van der Waals surface area contributed by atoms with Crippen LogP contribution in [0.5, 0.6) is 0 Å². The molecule has 0 heterocycles. The van der Waals surface area contributed by atoms with Gasteiger partial charge in [0.1, 0.15) is 0 Å². The fourth-order valence-corrected chi connectivity index (χ4v) is 3.02. The zero-order chi connectivity index (χ0) is 19.5. The third-order valence-electron chi connectivity index (χ3n) is 3.74. The minimum Gasteiger partial charge on any atom is -0.343 e. The zero-order valence-corrected chi connectivity index (χ0v) is 15.7. The molecule has 0 radical (unpaired) electrons. The van der Waals surface area contributed by atoms with Gasteiger partial charge in [-0.3, -0.25) is 9.59 Å². The molecule has 9 heteroatoms. The lowest BCUT2D eigenvalue weighted by Gasteiger charge is -2.13. The van der Waals surface area contributed by atoms with Gasteiger partial charge in [0.2, 0.25) is 15.9 Å². The van der Waals surface area contributed by atoms with Crippen LogP contribution >= 0.6 is 11.6 Å². The van der Waals surface area contributed by atoms with Gasteiger partial charge in [0, 0.05) is 16.3 Å². The minimum absolute atomic E-state index is 0.0983. The number of carbonyl (C=O) groups excluding carboxylic acids is 2. The SMILES string of the molecule is Cc1cc(S(N)(=O)=O)cc(NC(=O)CNC(=O)c2cccc(Cl)c2)c1C. The summed E-state index contributed by atoms with van der Waals surface area (Å²) in [6.07, 6.45) is 0. The Hall–Kier alpha value is -2.42. The van der Waals surface area contributed by atoms with Crippen molar-refractivity contribution in [3.63, 3.8) is 0 Å². The van der Waals surface area contributed by atoms with Crippen LogP contribution in [0.1, 0.15) is 21.5 Å². The van der Waals surface area contributed by atoms with Crippen LogP contribution in [0.4, 0.5) is 5.69 Å².